The quantitative estimate of drug-likeness (QED) is 0.735. The van der Waals surface area contributed by atoms with Gasteiger partial charge < -0.3 is 5.32 Å². The number of aryl methyl sites for hydroxylation is 2. The molecule has 2 heteroatoms. The van der Waals surface area contributed by atoms with Gasteiger partial charge in [0.15, 0.2) is 0 Å². The van der Waals surface area contributed by atoms with Crippen molar-refractivity contribution in [3.05, 3.63) is 64.2 Å². The van der Waals surface area contributed by atoms with Crippen LogP contribution in [0.3, 0.4) is 0 Å². The number of hydrogen-bond donors (Lipinski definition) is 1. The minimum absolute atomic E-state index is 0.292. The van der Waals surface area contributed by atoms with Crippen molar-refractivity contribution in [1.82, 2.24) is 0 Å². The zero-order chi connectivity index (χ0) is 14.5. The summed E-state index contributed by atoms with van der Waals surface area (Å²) < 4.78 is 0. The highest BCUT2D eigenvalue weighted by Crippen LogP contribution is 2.29. The molecule has 1 nitrogen and oxygen atoms in total. The molecular formula is C18H22ClN. The summed E-state index contributed by atoms with van der Waals surface area (Å²) in [5.41, 5.74) is 4.91. The molecule has 2 rings (SSSR count). The Morgan fingerprint density at radius 1 is 1.05 bits per heavy atom. The molecular weight excluding hydrogens is 266 g/mol. The second-order valence-corrected chi connectivity index (χ2v) is 5.59. The Bertz CT molecular complexity index is 560. The molecule has 0 amide bonds. The lowest BCUT2D eigenvalue weighted by atomic mass is 10.0. The van der Waals surface area contributed by atoms with Crippen LogP contribution in [0, 0.1) is 6.92 Å². The van der Waals surface area contributed by atoms with Gasteiger partial charge in [0, 0.05) is 0 Å². The van der Waals surface area contributed by atoms with Crippen molar-refractivity contribution in [1.29, 1.82) is 0 Å². The lowest BCUT2D eigenvalue weighted by Gasteiger charge is -2.20. The van der Waals surface area contributed by atoms with E-state index in [0.717, 1.165) is 23.6 Å². The van der Waals surface area contributed by atoms with Crippen LogP contribution >= 0.6 is 11.6 Å². The number of halogens is 1. The van der Waals surface area contributed by atoms with E-state index in [1.807, 2.05) is 12.1 Å². The molecule has 1 atom stereocenters. The van der Waals surface area contributed by atoms with Crippen molar-refractivity contribution in [2.75, 3.05) is 5.32 Å². The number of nitrogens with one attached hydrogen (secondary N) is 1. The monoisotopic (exact) mass is 287 g/mol. The molecule has 0 heterocycles. The molecule has 0 bridgehead atoms. The molecule has 0 radical (unpaired) electrons. The van der Waals surface area contributed by atoms with Crippen LogP contribution in [-0.2, 0) is 6.42 Å². The highest BCUT2D eigenvalue weighted by atomic mass is 35.5. The Morgan fingerprint density at radius 2 is 1.75 bits per heavy atom. The standard InChI is InChI=1S/C18H22ClN/c1-4-14-7-9-15(10-8-14)17(5-2)20-18-12-13(3)6-11-16(18)19/h6-12,17,20H,4-5H2,1-3H3. The summed E-state index contributed by atoms with van der Waals surface area (Å²) in [7, 11) is 0. The first kappa shape index (κ1) is 14.9. The van der Waals surface area contributed by atoms with Crippen molar-refractivity contribution >= 4 is 17.3 Å². The van der Waals surface area contributed by atoms with Crippen LogP contribution < -0.4 is 5.32 Å². The molecule has 20 heavy (non-hydrogen) atoms. The molecule has 106 valence electrons. The van der Waals surface area contributed by atoms with Crippen molar-refractivity contribution in [3.63, 3.8) is 0 Å². The average molecular weight is 288 g/mol. The summed E-state index contributed by atoms with van der Waals surface area (Å²) in [5.74, 6) is 0. The fourth-order valence-corrected chi connectivity index (χ4v) is 2.52. The van der Waals surface area contributed by atoms with E-state index in [4.69, 9.17) is 11.6 Å². The Labute approximate surface area is 127 Å². The van der Waals surface area contributed by atoms with E-state index in [2.05, 4.69) is 56.4 Å². The molecule has 1 unspecified atom stereocenters. The minimum Gasteiger partial charge on any atom is -0.377 e. The first-order chi connectivity index (χ1) is 9.63. The van der Waals surface area contributed by atoms with Gasteiger partial charge in [0.2, 0.25) is 0 Å². The highest BCUT2D eigenvalue weighted by molar-refractivity contribution is 6.33. The average Bonchev–Trinajstić information content (AvgIpc) is 2.48. The van der Waals surface area contributed by atoms with Gasteiger partial charge in [0.05, 0.1) is 16.8 Å². The first-order valence-electron chi connectivity index (χ1n) is 7.25. The van der Waals surface area contributed by atoms with E-state index in [1.54, 1.807) is 0 Å². The summed E-state index contributed by atoms with van der Waals surface area (Å²) in [4.78, 5) is 0. The van der Waals surface area contributed by atoms with Crippen LogP contribution in [-0.4, -0.2) is 0 Å². The van der Waals surface area contributed by atoms with Gasteiger partial charge in [-0.3, -0.25) is 0 Å². The lowest BCUT2D eigenvalue weighted by Crippen LogP contribution is -2.10. The number of rotatable bonds is 5. The Balaban J connectivity index is 2.21. The zero-order valence-corrected chi connectivity index (χ0v) is 13.2. The van der Waals surface area contributed by atoms with Gasteiger partial charge in [-0.15, -0.1) is 0 Å². The SMILES string of the molecule is CCc1ccc(C(CC)Nc2cc(C)ccc2Cl)cc1. The van der Waals surface area contributed by atoms with Gasteiger partial charge in [0.25, 0.3) is 0 Å². The van der Waals surface area contributed by atoms with Crippen LogP contribution in [0.4, 0.5) is 5.69 Å². The van der Waals surface area contributed by atoms with E-state index < -0.39 is 0 Å². The van der Waals surface area contributed by atoms with E-state index in [-0.39, 0.29) is 0 Å². The molecule has 0 saturated carbocycles. The highest BCUT2D eigenvalue weighted by Gasteiger charge is 2.11. The smallest absolute Gasteiger partial charge is 0.0637 e. The molecule has 0 aliphatic rings. The van der Waals surface area contributed by atoms with Crippen molar-refractivity contribution in [3.8, 4) is 0 Å². The van der Waals surface area contributed by atoms with Crippen LogP contribution in [0.25, 0.3) is 0 Å². The molecule has 0 spiro atoms. The van der Waals surface area contributed by atoms with Gasteiger partial charge in [-0.05, 0) is 48.6 Å². The predicted molar refractivity (Wildman–Crippen MR) is 88.7 cm³/mol. The topological polar surface area (TPSA) is 12.0 Å². The van der Waals surface area contributed by atoms with Crippen LogP contribution in [0.5, 0.6) is 0 Å². The fourth-order valence-electron chi connectivity index (χ4n) is 2.34. The van der Waals surface area contributed by atoms with E-state index in [1.165, 1.54) is 16.7 Å². The van der Waals surface area contributed by atoms with Crippen molar-refractivity contribution in [2.45, 2.75) is 39.7 Å². The Kier molecular flexibility index (Phi) is 5.08. The summed E-state index contributed by atoms with van der Waals surface area (Å²) >= 11 is 6.27. The number of anilines is 1. The van der Waals surface area contributed by atoms with Gasteiger partial charge in [0.1, 0.15) is 0 Å². The summed E-state index contributed by atoms with van der Waals surface area (Å²) in [6, 6.07) is 15.2. The van der Waals surface area contributed by atoms with Gasteiger partial charge >= 0.3 is 0 Å². The number of benzene rings is 2. The largest absolute Gasteiger partial charge is 0.377 e. The number of hydrogen-bond acceptors (Lipinski definition) is 1. The summed E-state index contributed by atoms with van der Waals surface area (Å²) in [6.45, 7) is 6.45. The molecule has 2 aromatic rings. The maximum atomic E-state index is 6.27. The molecule has 1 N–H and O–H groups in total. The second-order valence-electron chi connectivity index (χ2n) is 5.18. The molecule has 0 fully saturated rings. The predicted octanol–water partition coefficient (Wildman–Crippen LogP) is 5.77. The molecule has 0 aliphatic carbocycles. The maximum absolute atomic E-state index is 6.27. The van der Waals surface area contributed by atoms with Crippen LogP contribution in [0.15, 0.2) is 42.5 Å². The van der Waals surface area contributed by atoms with Gasteiger partial charge in [-0.1, -0.05) is 55.8 Å². The Hall–Kier alpha value is -1.47. The van der Waals surface area contributed by atoms with Crippen LogP contribution in [0.2, 0.25) is 5.02 Å². The fraction of sp³-hybridized carbons (Fsp3) is 0.333. The van der Waals surface area contributed by atoms with Crippen LogP contribution in [0.1, 0.15) is 43.0 Å². The lowest BCUT2D eigenvalue weighted by molar-refractivity contribution is 0.749. The molecule has 0 aromatic heterocycles. The van der Waals surface area contributed by atoms with Gasteiger partial charge in [-0.25, -0.2) is 0 Å². The second kappa shape index (κ2) is 6.81. The van der Waals surface area contributed by atoms with Gasteiger partial charge in [-0.2, -0.15) is 0 Å². The van der Waals surface area contributed by atoms with E-state index >= 15 is 0 Å². The third kappa shape index (κ3) is 3.55. The minimum atomic E-state index is 0.292. The normalized spacial score (nSPS) is 12.2. The third-order valence-corrected chi connectivity index (χ3v) is 3.98. The maximum Gasteiger partial charge on any atom is 0.0637 e. The van der Waals surface area contributed by atoms with E-state index in [0.29, 0.717) is 6.04 Å². The molecule has 0 aliphatic heterocycles. The van der Waals surface area contributed by atoms with E-state index in [9.17, 15) is 0 Å². The van der Waals surface area contributed by atoms with Crippen molar-refractivity contribution in [2.24, 2.45) is 0 Å². The summed E-state index contributed by atoms with van der Waals surface area (Å²) in [5, 5.41) is 4.34. The summed E-state index contributed by atoms with van der Waals surface area (Å²) in [6.07, 6.45) is 2.10. The first-order valence-corrected chi connectivity index (χ1v) is 7.63. The Morgan fingerprint density at radius 3 is 2.35 bits per heavy atom. The molecule has 0 saturated heterocycles. The molecule has 2 aromatic carbocycles. The third-order valence-electron chi connectivity index (χ3n) is 3.65. The van der Waals surface area contributed by atoms with Crippen molar-refractivity contribution < 1.29 is 0 Å². The zero-order valence-electron chi connectivity index (χ0n) is 12.4.